The molecule has 1 saturated heterocycles. The number of carbonyl (C=O) groups is 2. The second-order valence-corrected chi connectivity index (χ2v) is 4.25. The summed E-state index contributed by atoms with van der Waals surface area (Å²) in [6, 6.07) is 0. The second kappa shape index (κ2) is 4.64. The van der Waals surface area contributed by atoms with Crippen molar-refractivity contribution in [3.63, 3.8) is 0 Å². The molecular formula is C11H19NO3. The summed E-state index contributed by atoms with van der Waals surface area (Å²) in [7, 11) is 0. The van der Waals surface area contributed by atoms with Gasteiger partial charge in [-0.1, -0.05) is 13.8 Å². The fraction of sp³-hybridized carbons (Fsp3) is 0.818. The van der Waals surface area contributed by atoms with Gasteiger partial charge in [0.15, 0.2) is 0 Å². The van der Waals surface area contributed by atoms with Gasteiger partial charge in [-0.25, -0.2) is 0 Å². The average molecular weight is 213 g/mol. The number of hydrogen-bond acceptors (Lipinski definition) is 2. The number of nitrogens with zero attached hydrogens (tertiary/aromatic N) is 1. The van der Waals surface area contributed by atoms with E-state index in [1.165, 1.54) is 0 Å². The second-order valence-electron chi connectivity index (χ2n) is 4.25. The maximum absolute atomic E-state index is 11.6. The van der Waals surface area contributed by atoms with Crippen LogP contribution in [-0.2, 0) is 9.59 Å². The lowest BCUT2D eigenvalue weighted by Crippen LogP contribution is -2.36. The lowest BCUT2D eigenvalue weighted by molar-refractivity contribution is -0.148. The number of aliphatic carboxylic acids is 1. The highest BCUT2D eigenvalue weighted by Gasteiger charge is 2.44. The third kappa shape index (κ3) is 2.30. The van der Waals surface area contributed by atoms with Crippen molar-refractivity contribution in [2.45, 2.75) is 39.5 Å². The van der Waals surface area contributed by atoms with Crippen LogP contribution in [0.5, 0.6) is 0 Å². The van der Waals surface area contributed by atoms with Crippen LogP contribution in [0.4, 0.5) is 0 Å². The molecule has 4 heteroatoms. The van der Waals surface area contributed by atoms with E-state index in [-0.39, 0.29) is 5.91 Å². The molecule has 1 amide bonds. The smallest absolute Gasteiger partial charge is 0.311 e. The number of carboxylic acid groups (broad SMARTS) is 1. The van der Waals surface area contributed by atoms with E-state index in [4.69, 9.17) is 5.11 Å². The predicted molar refractivity (Wildman–Crippen MR) is 56.5 cm³/mol. The van der Waals surface area contributed by atoms with Crippen LogP contribution in [0, 0.1) is 5.41 Å². The van der Waals surface area contributed by atoms with Crippen LogP contribution in [0.25, 0.3) is 0 Å². The molecule has 4 nitrogen and oxygen atoms in total. The molecule has 1 fully saturated rings. The van der Waals surface area contributed by atoms with Gasteiger partial charge in [0, 0.05) is 19.5 Å². The summed E-state index contributed by atoms with van der Waals surface area (Å²) in [6.45, 7) is 4.82. The monoisotopic (exact) mass is 213 g/mol. The van der Waals surface area contributed by atoms with E-state index < -0.39 is 11.4 Å². The molecule has 1 N–H and O–H groups in total. The number of likely N-dealkylation sites (tertiary alicyclic amines) is 1. The van der Waals surface area contributed by atoms with Gasteiger partial charge in [0.25, 0.3) is 0 Å². The van der Waals surface area contributed by atoms with Gasteiger partial charge in [-0.3, -0.25) is 9.59 Å². The van der Waals surface area contributed by atoms with Crippen LogP contribution in [0.3, 0.4) is 0 Å². The van der Waals surface area contributed by atoms with Crippen LogP contribution < -0.4 is 0 Å². The summed E-state index contributed by atoms with van der Waals surface area (Å²) >= 11 is 0. The molecule has 0 aromatic heterocycles. The fourth-order valence-electron chi connectivity index (χ4n) is 2.07. The number of rotatable bonds is 4. The van der Waals surface area contributed by atoms with E-state index in [1.54, 1.807) is 4.90 Å². The Morgan fingerprint density at radius 1 is 1.40 bits per heavy atom. The highest BCUT2D eigenvalue weighted by molar-refractivity contribution is 5.80. The van der Waals surface area contributed by atoms with Crippen molar-refractivity contribution >= 4 is 11.9 Å². The van der Waals surface area contributed by atoms with Crippen molar-refractivity contribution in [3.8, 4) is 0 Å². The molecule has 0 aromatic carbocycles. The van der Waals surface area contributed by atoms with Crippen LogP contribution in [0.15, 0.2) is 0 Å². The Balaban J connectivity index is 2.64. The molecule has 86 valence electrons. The fourth-order valence-corrected chi connectivity index (χ4v) is 2.07. The van der Waals surface area contributed by atoms with E-state index in [0.717, 1.165) is 6.42 Å². The zero-order valence-electron chi connectivity index (χ0n) is 9.45. The largest absolute Gasteiger partial charge is 0.481 e. The predicted octanol–water partition coefficient (Wildman–Crippen LogP) is 1.50. The molecule has 1 aliphatic heterocycles. The summed E-state index contributed by atoms with van der Waals surface area (Å²) in [5.74, 6) is -0.675. The molecule has 0 bridgehead atoms. The lowest BCUT2D eigenvalue weighted by Gasteiger charge is -2.22. The van der Waals surface area contributed by atoms with Gasteiger partial charge in [0.2, 0.25) is 5.91 Å². The third-order valence-electron chi connectivity index (χ3n) is 3.30. The van der Waals surface area contributed by atoms with Crippen LogP contribution in [-0.4, -0.2) is 35.0 Å². The molecule has 0 saturated carbocycles. The van der Waals surface area contributed by atoms with Crippen molar-refractivity contribution in [2.75, 3.05) is 13.1 Å². The van der Waals surface area contributed by atoms with E-state index in [2.05, 4.69) is 0 Å². The molecule has 1 rings (SSSR count). The number of amides is 1. The SMILES string of the molecule is CCCC(=O)N1CCC(CC)(C(=O)O)C1. The zero-order chi connectivity index (χ0) is 11.5. The molecule has 15 heavy (non-hydrogen) atoms. The van der Waals surface area contributed by atoms with Gasteiger partial charge in [0.05, 0.1) is 5.41 Å². The van der Waals surface area contributed by atoms with Gasteiger partial charge < -0.3 is 10.0 Å². The minimum atomic E-state index is -0.767. The van der Waals surface area contributed by atoms with Crippen molar-refractivity contribution in [3.05, 3.63) is 0 Å². The minimum absolute atomic E-state index is 0.0917. The maximum atomic E-state index is 11.6. The van der Waals surface area contributed by atoms with E-state index in [1.807, 2.05) is 13.8 Å². The molecule has 1 unspecified atom stereocenters. The summed E-state index contributed by atoms with van der Waals surface area (Å²) in [6.07, 6.45) is 2.54. The van der Waals surface area contributed by atoms with Gasteiger partial charge >= 0.3 is 5.97 Å². The van der Waals surface area contributed by atoms with E-state index in [0.29, 0.717) is 32.4 Å². The Morgan fingerprint density at radius 2 is 2.07 bits per heavy atom. The third-order valence-corrected chi connectivity index (χ3v) is 3.30. The average Bonchev–Trinajstić information content (AvgIpc) is 2.63. The van der Waals surface area contributed by atoms with Gasteiger partial charge in [-0.15, -0.1) is 0 Å². The molecule has 0 radical (unpaired) electrons. The minimum Gasteiger partial charge on any atom is -0.481 e. The molecule has 1 aliphatic rings. The Labute approximate surface area is 90.3 Å². The highest BCUT2D eigenvalue weighted by Crippen LogP contribution is 2.34. The first kappa shape index (κ1) is 12.0. The standard InChI is InChI=1S/C11H19NO3/c1-3-5-9(13)12-7-6-11(4-2,8-12)10(14)15/h3-8H2,1-2H3,(H,14,15). The normalized spacial score (nSPS) is 25.6. The van der Waals surface area contributed by atoms with Crippen molar-refractivity contribution in [1.82, 2.24) is 4.90 Å². The van der Waals surface area contributed by atoms with E-state index in [9.17, 15) is 9.59 Å². The van der Waals surface area contributed by atoms with Gasteiger partial charge in [-0.05, 0) is 19.3 Å². The molecule has 0 spiro atoms. The molecule has 0 aromatic rings. The van der Waals surface area contributed by atoms with Crippen LogP contribution in [0.2, 0.25) is 0 Å². The molecular weight excluding hydrogens is 194 g/mol. The topological polar surface area (TPSA) is 57.6 Å². The number of hydrogen-bond donors (Lipinski definition) is 1. The lowest BCUT2D eigenvalue weighted by atomic mass is 9.84. The molecule has 1 atom stereocenters. The Bertz CT molecular complexity index is 265. The summed E-state index contributed by atoms with van der Waals surface area (Å²) in [5, 5.41) is 9.16. The Morgan fingerprint density at radius 3 is 2.47 bits per heavy atom. The van der Waals surface area contributed by atoms with Crippen molar-refractivity contribution in [2.24, 2.45) is 5.41 Å². The van der Waals surface area contributed by atoms with Gasteiger partial charge in [-0.2, -0.15) is 0 Å². The number of carbonyl (C=O) groups excluding carboxylic acids is 1. The quantitative estimate of drug-likeness (QED) is 0.770. The first-order valence-corrected chi connectivity index (χ1v) is 5.57. The van der Waals surface area contributed by atoms with E-state index >= 15 is 0 Å². The summed E-state index contributed by atoms with van der Waals surface area (Å²) in [5.41, 5.74) is -0.691. The maximum Gasteiger partial charge on any atom is 0.311 e. The zero-order valence-corrected chi connectivity index (χ0v) is 9.45. The van der Waals surface area contributed by atoms with Gasteiger partial charge in [0.1, 0.15) is 0 Å². The van der Waals surface area contributed by atoms with Crippen LogP contribution >= 0.6 is 0 Å². The first-order chi connectivity index (χ1) is 7.05. The van der Waals surface area contributed by atoms with Crippen LogP contribution in [0.1, 0.15) is 39.5 Å². The Hall–Kier alpha value is -1.06. The first-order valence-electron chi connectivity index (χ1n) is 5.57. The summed E-state index contributed by atoms with van der Waals surface area (Å²) < 4.78 is 0. The summed E-state index contributed by atoms with van der Waals surface area (Å²) in [4.78, 5) is 24.4. The highest BCUT2D eigenvalue weighted by atomic mass is 16.4. The molecule has 0 aliphatic carbocycles. The number of carboxylic acids is 1. The molecule has 1 heterocycles. The van der Waals surface area contributed by atoms with Crippen molar-refractivity contribution in [1.29, 1.82) is 0 Å². The Kier molecular flexibility index (Phi) is 3.72. The van der Waals surface area contributed by atoms with Crippen molar-refractivity contribution < 1.29 is 14.7 Å².